The van der Waals surface area contributed by atoms with E-state index < -0.39 is 46.4 Å². The summed E-state index contributed by atoms with van der Waals surface area (Å²) in [6, 6.07) is 26.1. The number of halogens is 4. The Bertz CT molecular complexity index is 3760. The number of rotatable bonds is 25. The van der Waals surface area contributed by atoms with Crippen LogP contribution in [0.4, 0.5) is 37.2 Å². The summed E-state index contributed by atoms with van der Waals surface area (Å²) in [5, 5.41) is 26.4. The number of methoxy groups -OCH3 is 2. The number of amidine groups is 1. The minimum absolute atomic E-state index is 0.0348. The Kier molecular flexibility index (Phi) is 22.8. The van der Waals surface area contributed by atoms with Crippen molar-refractivity contribution in [1.29, 1.82) is 5.26 Å². The lowest BCUT2D eigenvalue weighted by Crippen LogP contribution is -2.48. The lowest BCUT2D eigenvalue weighted by Gasteiger charge is -2.37. The van der Waals surface area contributed by atoms with Gasteiger partial charge in [0.25, 0.3) is 11.8 Å². The molecule has 93 heavy (non-hydrogen) atoms. The number of nitriles is 1. The topological polar surface area (TPSA) is 222 Å². The second-order valence-electron chi connectivity index (χ2n) is 25.1. The predicted octanol–water partition coefficient (Wildman–Crippen LogP) is 13.1. The minimum Gasteiger partial charge on any atom is -0.495 e. The molecule has 0 radical (unpaired) electrons. The molecule has 5 aromatic rings. The summed E-state index contributed by atoms with van der Waals surface area (Å²) in [5.41, 5.74) is 1.80. The average molecular weight is 1310 g/mol. The summed E-state index contributed by atoms with van der Waals surface area (Å²) >= 11 is 12.5. The molecule has 18 nitrogen and oxygen atoms in total. The third kappa shape index (κ3) is 16.2. The number of nitrogens with zero attached hydrogens (tertiary/aromatic N) is 6. The first-order chi connectivity index (χ1) is 44.7. The van der Waals surface area contributed by atoms with Gasteiger partial charge in [-0.1, -0.05) is 125 Å². The van der Waals surface area contributed by atoms with E-state index in [0.717, 1.165) is 75.1 Å². The van der Waals surface area contributed by atoms with Gasteiger partial charge in [0, 0.05) is 90.8 Å². The molecule has 0 aromatic heterocycles. The zero-order valence-corrected chi connectivity index (χ0v) is 55.0. The molecule has 2 saturated heterocycles. The molecule has 9 rings (SSSR count). The monoisotopic (exact) mass is 1310 g/mol. The van der Waals surface area contributed by atoms with Crippen molar-refractivity contribution in [3.8, 4) is 17.6 Å². The number of aliphatic imine (C=N–C) groups is 2. The van der Waals surface area contributed by atoms with E-state index in [4.69, 9.17) is 42.7 Å². The largest absolute Gasteiger partial charge is 0.495 e. The van der Waals surface area contributed by atoms with E-state index >= 15 is 8.78 Å². The van der Waals surface area contributed by atoms with Gasteiger partial charge >= 0.3 is 0 Å². The molecular weight excluding hydrogens is 1230 g/mol. The SMILES string of the molecule is C=CC(=O)Nc1cccc(N2C(=O)C=C(C)C3CN=C(Nc4ccc(N5CCN(C(=O)CCCCCCCCCCCNC(=O)c6ccc(NC(=O)C7NC(CC(C)(C)C)C(C#N)(c8ccc(Cl)cc8F)C7c7cccc(Cl)c7F)c(OC)c6)CC5)cc4OC)N=C32)c1. The summed E-state index contributed by atoms with van der Waals surface area (Å²) < 4.78 is 43.8. The Labute approximate surface area is 552 Å². The maximum absolute atomic E-state index is 16.2. The molecule has 4 heterocycles. The molecular formula is C71H81Cl2F2N11O7. The standard InChI is InChI=1S/C71H81Cl2F2N11O7/c1-8-60(87)79-47-20-18-21-49(39-47)86-62(89)36-44(2)51-42-78-69(83-66(51)86)81-56-30-27-48(40-58(56)93-7)84-32-34-85(35-33-84)61(88)24-16-14-12-10-9-11-13-15-17-31-77-67(90)45-25-29-55(57(37-45)92-6)80-68(91)65-63(50-22-19-23-53(73)64(50)75)71(43-76,59(82-65)41-70(3,4)5)52-28-26-46(72)38-54(52)74/h8,18-23,25-30,36-40,51,59,63,65,82H,1,9-17,24,31-35,41-42H2,2-7H3,(H,77,90)(H,78,81)(H,79,87)(H,80,91). The number of nitrogens with one attached hydrogen (secondary N) is 5. The summed E-state index contributed by atoms with van der Waals surface area (Å²) in [6.45, 7) is 14.8. The molecule has 4 aliphatic heterocycles. The van der Waals surface area contributed by atoms with Gasteiger partial charge in [0.2, 0.25) is 23.7 Å². The Morgan fingerprint density at radius 3 is 2.20 bits per heavy atom. The van der Waals surface area contributed by atoms with Crippen molar-refractivity contribution in [3.05, 3.63) is 160 Å². The summed E-state index contributed by atoms with van der Waals surface area (Å²) in [4.78, 5) is 82.1. The van der Waals surface area contributed by atoms with Gasteiger partial charge in [-0.2, -0.15) is 10.3 Å². The number of piperazine rings is 1. The number of guanidine groups is 1. The molecule has 5 unspecified atom stereocenters. The van der Waals surface area contributed by atoms with Gasteiger partial charge in [-0.05, 0) is 110 Å². The highest BCUT2D eigenvalue weighted by molar-refractivity contribution is 6.31. The Morgan fingerprint density at radius 1 is 0.828 bits per heavy atom. The zero-order valence-electron chi connectivity index (χ0n) is 53.5. The first kappa shape index (κ1) is 68.7. The smallest absolute Gasteiger partial charge is 0.256 e. The highest BCUT2D eigenvalue weighted by Gasteiger charge is 2.61. The van der Waals surface area contributed by atoms with Gasteiger partial charge in [-0.25, -0.2) is 13.8 Å². The number of benzene rings is 5. The van der Waals surface area contributed by atoms with Gasteiger partial charge in [0.15, 0.2) is 0 Å². The van der Waals surface area contributed by atoms with E-state index in [1.807, 2.05) is 50.8 Å². The van der Waals surface area contributed by atoms with Crippen LogP contribution in [0, 0.1) is 34.3 Å². The van der Waals surface area contributed by atoms with Crippen molar-refractivity contribution in [1.82, 2.24) is 15.5 Å². The second-order valence-corrected chi connectivity index (χ2v) is 26.0. The van der Waals surface area contributed by atoms with Crippen molar-refractivity contribution in [2.45, 2.75) is 122 Å². The maximum Gasteiger partial charge on any atom is 0.256 e. The highest BCUT2D eigenvalue weighted by atomic mass is 35.5. The normalized spacial score (nSPS) is 19.5. The Hall–Kier alpha value is -8.64. The first-order valence-corrected chi connectivity index (χ1v) is 32.4. The fourth-order valence-electron chi connectivity index (χ4n) is 12.9. The van der Waals surface area contributed by atoms with Crippen molar-refractivity contribution >= 4 is 93.0 Å². The van der Waals surface area contributed by atoms with Crippen molar-refractivity contribution in [2.24, 2.45) is 21.3 Å². The van der Waals surface area contributed by atoms with E-state index in [1.54, 1.807) is 54.5 Å². The molecule has 5 N–H and O–H groups in total. The minimum atomic E-state index is -1.81. The number of anilines is 5. The fourth-order valence-corrected chi connectivity index (χ4v) is 13.2. The molecule has 5 atom stereocenters. The van der Waals surface area contributed by atoms with Crippen LogP contribution in [0.15, 0.2) is 131 Å². The summed E-state index contributed by atoms with van der Waals surface area (Å²) in [6.07, 6.45) is 12.5. The molecule has 22 heteroatoms. The van der Waals surface area contributed by atoms with Crippen LogP contribution in [-0.2, 0) is 24.6 Å². The fraction of sp³-hybridized carbons (Fsp3) is 0.408. The lowest BCUT2D eigenvalue weighted by atomic mass is 9.62. The highest BCUT2D eigenvalue weighted by Crippen LogP contribution is 2.53. The van der Waals surface area contributed by atoms with E-state index in [9.17, 15) is 29.2 Å². The van der Waals surface area contributed by atoms with Gasteiger partial charge in [0.1, 0.15) is 34.4 Å². The molecule has 490 valence electrons. The molecule has 4 aliphatic rings. The van der Waals surface area contributed by atoms with Gasteiger partial charge in [-0.3, -0.25) is 28.9 Å². The molecule has 0 aliphatic carbocycles. The first-order valence-electron chi connectivity index (χ1n) is 31.7. The summed E-state index contributed by atoms with van der Waals surface area (Å²) in [5.74, 6) is -2.82. The molecule has 2 fully saturated rings. The number of carbonyl (C=O) groups excluding carboxylic acids is 5. The number of hydrogen-bond acceptors (Lipinski definition) is 13. The number of fused-ring (bicyclic) bond motifs is 1. The molecule has 0 spiro atoms. The van der Waals surface area contributed by atoms with Crippen molar-refractivity contribution < 1.29 is 42.2 Å². The van der Waals surface area contributed by atoms with Crippen LogP contribution in [0.5, 0.6) is 11.5 Å². The van der Waals surface area contributed by atoms with Crippen LogP contribution in [0.25, 0.3) is 0 Å². The molecule has 5 amide bonds. The summed E-state index contributed by atoms with van der Waals surface area (Å²) in [7, 11) is 3.02. The van der Waals surface area contributed by atoms with E-state index in [0.29, 0.717) is 92.3 Å². The maximum atomic E-state index is 16.2. The number of carbonyl (C=O) groups is 5. The lowest BCUT2D eigenvalue weighted by molar-refractivity contribution is -0.131. The van der Waals surface area contributed by atoms with Crippen LogP contribution >= 0.6 is 23.2 Å². The van der Waals surface area contributed by atoms with Crippen LogP contribution < -0.4 is 45.9 Å². The molecule has 5 aromatic carbocycles. The number of ether oxygens (including phenoxy) is 2. The molecule has 0 saturated carbocycles. The third-order valence-electron chi connectivity index (χ3n) is 17.6. The van der Waals surface area contributed by atoms with E-state index in [2.05, 4.69) is 44.1 Å². The van der Waals surface area contributed by atoms with Crippen LogP contribution in [0.1, 0.15) is 126 Å². The third-order valence-corrected chi connectivity index (χ3v) is 18.1. The predicted molar refractivity (Wildman–Crippen MR) is 363 cm³/mol. The average Bonchev–Trinajstić information content (AvgIpc) is 1.59. The Balaban J connectivity index is 0.673. The van der Waals surface area contributed by atoms with E-state index in [-0.39, 0.29) is 62.2 Å². The quantitative estimate of drug-likeness (QED) is 0.0273. The van der Waals surface area contributed by atoms with Gasteiger partial charge in [0.05, 0.1) is 60.9 Å². The Morgan fingerprint density at radius 2 is 1.52 bits per heavy atom. The number of unbranched alkanes of at least 4 members (excludes halogenated alkanes) is 8. The number of hydrogen-bond donors (Lipinski definition) is 5. The van der Waals surface area contributed by atoms with Gasteiger partial charge < -0.3 is 45.9 Å². The van der Waals surface area contributed by atoms with E-state index in [1.165, 1.54) is 49.6 Å². The van der Waals surface area contributed by atoms with Gasteiger partial charge in [-0.15, -0.1) is 0 Å². The van der Waals surface area contributed by atoms with Crippen LogP contribution in [0.2, 0.25) is 10.0 Å². The van der Waals surface area contributed by atoms with Crippen molar-refractivity contribution in [2.75, 3.05) is 79.2 Å². The van der Waals surface area contributed by atoms with Crippen LogP contribution in [-0.4, -0.2) is 112 Å². The zero-order chi connectivity index (χ0) is 66.6. The van der Waals surface area contributed by atoms with Crippen molar-refractivity contribution in [3.63, 3.8) is 0 Å². The van der Waals surface area contributed by atoms with Crippen LogP contribution in [0.3, 0.4) is 0 Å². The number of amides is 5. The molecule has 0 bridgehead atoms. The second kappa shape index (κ2) is 30.9.